The van der Waals surface area contributed by atoms with Crippen LogP contribution in [0.5, 0.6) is 5.75 Å². The summed E-state index contributed by atoms with van der Waals surface area (Å²) in [6.45, 7) is 1.84. The second kappa shape index (κ2) is 12.0. The van der Waals surface area contributed by atoms with Gasteiger partial charge in [0.15, 0.2) is 0 Å². The fourth-order valence-electron chi connectivity index (χ4n) is 3.96. The van der Waals surface area contributed by atoms with Crippen molar-refractivity contribution in [1.29, 1.82) is 0 Å². The molecule has 4 rings (SSSR count). The molecule has 2 amide bonds. The molecule has 3 aromatic rings. The van der Waals surface area contributed by atoms with Gasteiger partial charge in [0.05, 0.1) is 18.3 Å². The second-order valence-electron chi connectivity index (χ2n) is 8.57. The van der Waals surface area contributed by atoms with Crippen LogP contribution < -0.4 is 15.4 Å². The Labute approximate surface area is 206 Å². The molecule has 0 aromatic heterocycles. The van der Waals surface area contributed by atoms with E-state index in [9.17, 15) is 9.59 Å². The zero-order valence-electron chi connectivity index (χ0n) is 19.9. The van der Waals surface area contributed by atoms with Crippen molar-refractivity contribution in [2.24, 2.45) is 0 Å². The molecular formula is C28H31N3O4. The lowest BCUT2D eigenvalue weighted by molar-refractivity contribution is -0.114. The molecule has 1 atom stereocenters. The Kier molecular flexibility index (Phi) is 8.35. The van der Waals surface area contributed by atoms with Gasteiger partial charge >= 0.3 is 0 Å². The number of nitrogens with zero attached hydrogens (tertiary/aromatic N) is 1. The highest BCUT2D eigenvalue weighted by atomic mass is 16.5. The van der Waals surface area contributed by atoms with Crippen LogP contribution in [-0.2, 0) is 16.1 Å². The van der Waals surface area contributed by atoms with E-state index in [1.165, 1.54) is 0 Å². The van der Waals surface area contributed by atoms with E-state index in [0.717, 1.165) is 30.7 Å². The number of hydrogen-bond donors (Lipinski definition) is 2. The molecule has 35 heavy (non-hydrogen) atoms. The van der Waals surface area contributed by atoms with Gasteiger partial charge in [0.2, 0.25) is 5.91 Å². The Morgan fingerprint density at radius 1 is 1.03 bits per heavy atom. The number of para-hydroxylation sites is 2. The summed E-state index contributed by atoms with van der Waals surface area (Å²) in [5.41, 5.74) is 2.88. The molecule has 7 nitrogen and oxygen atoms in total. The summed E-state index contributed by atoms with van der Waals surface area (Å²) < 4.78 is 11.5. The van der Waals surface area contributed by atoms with Crippen LogP contribution in [0.2, 0.25) is 0 Å². The summed E-state index contributed by atoms with van der Waals surface area (Å²) in [6, 6.07) is 24.3. The third kappa shape index (κ3) is 7.07. The predicted octanol–water partition coefficient (Wildman–Crippen LogP) is 4.57. The predicted molar refractivity (Wildman–Crippen MR) is 137 cm³/mol. The first kappa shape index (κ1) is 24.3. The van der Waals surface area contributed by atoms with Gasteiger partial charge < -0.3 is 25.0 Å². The van der Waals surface area contributed by atoms with Gasteiger partial charge in [-0.1, -0.05) is 48.5 Å². The van der Waals surface area contributed by atoms with E-state index in [4.69, 9.17) is 9.47 Å². The smallest absolute Gasteiger partial charge is 0.253 e. The molecule has 3 aromatic carbocycles. The molecule has 182 valence electrons. The van der Waals surface area contributed by atoms with Crippen molar-refractivity contribution >= 4 is 23.2 Å². The van der Waals surface area contributed by atoms with Crippen molar-refractivity contribution in [3.63, 3.8) is 0 Å². The van der Waals surface area contributed by atoms with Gasteiger partial charge in [-0.2, -0.15) is 0 Å². The van der Waals surface area contributed by atoms with Crippen molar-refractivity contribution < 1.29 is 19.1 Å². The molecule has 2 N–H and O–H groups in total. The highest BCUT2D eigenvalue weighted by molar-refractivity contribution is 5.98. The highest BCUT2D eigenvalue weighted by Crippen LogP contribution is 2.25. The van der Waals surface area contributed by atoms with E-state index in [1.807, 2.05) is 54.6 Å². The molecule has 0 spiro atoms. The number of hydrogen-bond acceptors (Lipinski definition) is 5. The maximum atomic E-state index is 12.9. The second-order valence-corrected chi connectivity index (χ2v) is 8.57. The van der Waals surface area contributed by atoms with Crippen LogP contribution in [0.4, 0.5) is 11.4 Å². The number of ether oxygens (including phenoxy) is 2. The SMILES string of the molecule is CN(Cc1ccccc1)C(=O)c1cccc(NC(=O)CNc2ccccc2OCC2CCCO2)c1. The minimum atomic E-state index is -0.221. The van der Waals surface area contributed by atoms with Gasteiger partial charge in [-0.25, -0.2) is 0 Å². The Balaban J connectivity index is 1.30. The highest BCUT2D eigenvalue weighted by Gasteiger charge is 2.17. The van der Waals surface area contributed by atoms with E-state index in [-0.39, 0.29) is 24.5 Å². The van der Waals surface area contributed by atoms with Gasteiger partial charge in [-0.05, 0) is 48.7 Å². The normalized spacial score (nSPS) is 14.8. The Morgan fingerprint density at radius 2 is 1.83 bits per heavy atom. The summed E-state index contributed by atoms with van der Waals surface area (Å²) in [5.74, 6) is 0.353. The van der Waals surface area contributed by atoms with Gasteiger partial charge in [-0.15, -0.1) is 0 Å². The molecule has 1 unspecified atom stereocenters. The van der Waals surface area contributed by atoms with Gasteiger partial charge in [0.1, 0.15) is 12.4 Å². The van der Waals surface area contributed by atoms with Crippen molar-refractivity contribution in [2.45, 2.75) is 25.5 Å². The third-order valence-corrected chi connectivity index (χ3v) is 5.78. The zero-order chi connectivity index (χ0) is 24.5. The Morgan fingerprint density at radius 3 is 2.63 bits per heavy atom. The molecule has 7 heteroatoms. The van der Waals surface area contributed by atoms with Gasteiger partial charge in [-0.3, -0.25) is 9.59 Å². The topological polar surface area (TPSA) is 79.9 Å². The molecule has 1 aliphatic rings. The number of benzene rings is 3. The van der Waals surface area contributed by atoms with E-state index >= 15 is 0 Å². The number of nitrogens with one attached hydrogen (secondary N) is 2. The van der Waals surface area contributed by atoms with Gasteiger partial charge in [0.25, 0.3) is 5.91 Å². The van der Waals surface area contributed by atoms with Crippen LogP contribution in [0.3, 0.4) is 0 Å². The Hall–Kier alpha value is -3.84. The molecule has 1 fully saturated rings. The van der Waals surface area contributed by atoms with Crippen LogP contribution in [0, 0.1) is 0 Å². The lowest BCUT2D eigenvalue weighted by Crippen LogP contribution is -2.26. The van der Waals surface area contributed by atoms with E-state index in [0.29, 0.717) is 30.2 Å². The quantitative estimate of drug-likeness (QED) is 0.451. The molecule has 1 aliphatic heterocycles. The summed E-state index contributed by atoms with van der Waals surface area (Å²) in [7, 11) is 1.77. The zero-order valence-corrected chi connectivity index (χ0v) is 19.9. The van der Waals surface area contributed by atoms with Crippen molar-refractivity contribution in [3.05, 3.63) is 90.0 Å². The lowest BCUT2D eigenvalue weighted by atomic mass is 10.1. The maximum absolute atomic E-state index is 12.9. The molecule has 0 bridgehead atoms. The average Bonchev–Trinajstić information content (AvgIpc) is 3.41. The van der Waals surface area contributed by atoms with E-state index in [1.54, 1.807) is 36.2 Å². The number of anilines is 2. The average molecular weight is 474 g/mol. The number of carbonyl (C=O) groups excluding carboxylic acids is 2. The fraction of sp³-hybridized carbons (Fsp3) is 0.286. The van der Waals surface area contributed by atoms with Gasteiger partial charge in [0, 0.05) is 31.5 Å². The summed E-state index contributed by atoms with van der Waals surface area (Å²) in [4.78, 5) is 27.1. The molecule has 0 radical (unpaired) electrons. The van der Waals surface area contributed by atoms with Crippen molar-refractivity contribution in [1.82, 2.24) is 4.90 Å². The van der Waals surface area contributed by atoms with Crippen LogP contribution in [-0.4, -0.2) is 49.6 Å². The maximum Gasteiger partial charge on any atom is 0.253 e. The summed E-state index contributed by atoms with van der Waals surface area (Å²) in [6.07, 6.45) is 2.18. The summed E-state index contributed by atoms with van der Waals surface area (Å²) >= 11 is 0. The first-order valence-corrected chi connectivity index (χ1v) is 11.8. The molecule has 1 heterocycles. The Bertz CT molecular complexity index is 1130. The lowest BCUT2D eigenvalue weighted by Gasteiger charge is -2.18. The van der Waals surface area contributed by atoms with Crippen molar-refractivity contribution in [3.8, 4) is 5.75 Å². The number of rotatable bonds is 10. The molecule has 0 aliphatic carbocycles. The largest absolute Gasteiger partial charge is 0.489 e. The first-order chi connectivity index (χ1) is 17.1. The minimum absolute atomic E-state index is 0.0619. The van der Waals surface area contributed by atoms with Crippen LogP contribution in [0.1, 0.15) is 28.8 Å². The van der Waals surface area contributed by atoms with E-state index in [2.05, 4.69) is 10.6 Å². The monoisotopic (exact) mass is 473 g/mol. The van der Waals surface area contributed by atoms with Crippen LogP contribution in [0.25, 0.3) is 0 Å². The van der Waals surface area contributed by atoms with Crippen LogP contribution in [0.15, 0.2) is 78.9 Å². The molecule has 1 saturated heterocycles. The van der Waals surface area contributed by atoms with Crippen LogP contribution >= 0.6 is 0 Å². The molecular weight excluding hydrogens is 442 g/mol. The minimum Gasteiger partial charge on any atom is -0.489 e. The standard InChI is InChI=1S/C28H31N3O4/c1-31(19-21-9-3-2-4-10-21)28(33)22-11-7-12-23(17-22)30-27(32)18-29-25-14-5-6-15-26(25)35-20-24-13-8-16-34-24/h2-7,9-12,14-15,17,24,29H,8,13,16,18-20H2,1H3,(H,30,32). The van der Waals surface area contributed by atoms with E-state index < -0.39 is 0 Å². The number of amides is 2. The summed E-state index contributed by atoms with van der Waals surface area (Å²) in [5, 5.41) is 6.00. The third-order valence-electron chi connectivity index (χ3n) is 5.78. The number of carbonyl (C=O) groups is 2. The van der Waals surface area contributed by atoms with Crippen molar-refractivity contribution in [2.75, 3.05) is 37.4 Å². The molecule has 0 saturated carbocycles. The fourth-order valence-corrected chi connectivity index (χ4v) is 3.96. The first-order valence-electron chi connectivity index (χ1n) is 11.8.